The van der Waals surface area contributed by atoms with Crippen molar-refractivity contribution in [3.05, 3.63) is 29.8 Å². The van der Waals surface area contributed by atoms with Gasteiger partial charge in [0.1, 0.15) is 24.0 Å². The minimum absolute atomic E-state index is 0.211. The lowest BCUT2D eigenvalue weighted by molar-refractivity contribution is 0.568. The molecule has 2 aromatic heterocycles. The number of hydrogen-bond donors (Lipinski definition) is 0. The molecule has 0 aromatic carbocycles. The zero-order valence-electron chi connectivity index (χ0n) is 11.4. The van der Waals surface area contributed by atoms with E-state index < -0.39 is 7.14 Å². The highest BCUT2D eigenvalue weighted by Crippen LogP contribution is 2.36. The molecule has 2 rings (SSSR count). The maximum atomic E-state index is 13.7. The van der Waals surface area contributed by atoms with Gasteiger partial charge in [0.2, 0.25) is 0 Å². The van der Waals surface area contributed by atoms with Gasteiger partial charge in [-0.1, -0.05) is 20.8 Å². The third-order valence-electron chi connectivity index (χ3n) is 2.91. The van der Waals surface area contributed by atoms with Crippen LogP contribution in [0.25, 0.3) is 5.65 Å². The van der Waals surface area contributed by atoms with E-state index in [1.165, 1.54) is 12.3 Å². The molecule has 98 valence electrons. The first-order valence-corrected chi connectivity index (χ1v) is 8.43. The Morgan fingerprint density at radius 3 is 2.44 bits per heavy atom. The van der Waals surface area contributed by atoms with Gasteiger partial charge in [0.15, 0.2) is 0 Å². The highest BCUT2D eigenvalue weighted by Gasteiger charge is 2.23. The van der Waals surface area contributed by atoms with Crippen LogP contribution in [0.2, 0.25) is 0 Å². The van der Waals surface area contributed by atoms with E-state index in [0.717, 1.165) is 5.56 Å². The monoisotopic (exact) mass is 268 g/mol. The fraction of sp³-hybridized carbons (Fsp3) is 0.462. The number of imidazole rings is 1. The lowest BCUT2D eigenvalue weighted by Gasteiger charge is -2.20. The van der Waals surface area contributed by atoms with E-state index in [-0.39, 0.29) is 11.2 Å². The van der Waals surface area contributed by atoms with Crippen molar-refractivity contribution in [1.82, 2.24) is 9.38 Å². The summed E-state index contributed by atoms with van der Waals surface area (Å²) in [6, 6.07) is 1.50. The predicted molar refractivity (Wildman–Crippen MR) is 72.9 cm³/mol. The van der Waals surface area contributed by atoms with Crippen LogP contribution in [0.1, 0.15) is 26.3 Å². The Morgan fingerprint density at radius 2 is 1.94 bits per heavy atom. The molecule has 2 heterocycles. The average molecular weight is 268 g/mol. The minimum Gasteiger partial charge on any atom is -0.318 e. The van der Waals surface area contributed by atoms with Crippen molar-refractivity contribution in [3.63, 3.8) is 0 Å². The summed E-state index contributed by atoms with van der Waals surface area (Å²) in [6.45, 7) is 9.35. The van der Waals surface area contributed by atoms with Gasteiger partial charge in [-0.3, -0.25) is 4.40 Å². The Kier molecular flexibility index (Phi) is 2.90. The molecule has 0 atom stereocenters. The molecule has 0 N–H and O–H groups in total. The quantitative estimate of drug-likeness (QED) is 0.745. The van der Waals surface area contributed by atoms with E-state index in [4.69, 9.17) is 0 Å². The molecule has 0 bridgehead atoms. The zero-order valence-corrected chi connectivity index (χ0v) is 12.3. The molecule has 18 heavy (non-hydrogen) atoms. The summed E-state index contributed by atoms with van der Waals surface area (Å²) >= 11 is 0. The van der Waals surface area contributed by atoms with Gasteiger partial charge in [-0.05, 0) is 24.8 Å². The first-order chi connectivity index (χ1) is 8.10. The smallest absolute Gasteiger partial charge is 0.141 e. The first-order valence-electron chi connectivity index (χ1n) is 5.83. The van der Waals surface area contributed by atoms with Gasteiger partial charge in [-0.2, -0.15) is 0 Å². The topological polar surface area (TPSA) is 34.4 Å². The van der Waals surface area contributed by atoms with Crippen LogP contribution in [-0.2, 0) is 9.98 Å². The van der Waals surface area contributed by atoms with E-state index >= 15 is 0 Å². The van der Waals surface area contributed by atoms with Gasteiger partial charge in [-0.15, -0.1) is 0 Å². The van der Waals surface area contributed by atoms with Gasteiger partial charge in [0, 0.05) is 11.8 Å². The highest BCUT2D eigenvalue weighted by atomic mass is 31.2. The van der Waals surface area contributed by atoms with Gasteiger partial charge in [-0.25, -0.2) is 9.37 Å². The third kappa shape index (κ3) is 2.22. The van der Waals surface area contributed by atoms with Crippen LogP contribution in [0.3, 0.4) is 0 Å². The molecule has 0 radical (unpaired) electrons. The van der Waals surface area contributed by atoms with Gasteiger partial charge < -0.3 is 4.57 Å². The van der Waals surface area contributed by atoms with Crippen LogP contribution in [-0.4, -0.2) is 22.7 Å². The average Bonchev–Trinajstić information content (AvgIpc) is 2.57. The minimum atomic E-state index is -2.47. The third-order valence-corrected chi connectivity index (χ3v) is 4.35. The molecule has 2 aromatic rings. The number of rotatable bonds is 1. The second-order valence-electron chi connectivity index (χ2n) is 5.98. The van der Waals surface area contributed by atoms with E-state index in [0.29, 0.717) is 11.1 Å². The summed E-state index contributed by atoms with van der Waals surface area (Å²) < 4.78 is 27.5. The summed E-state index contributed by atoms with van der Waals surface area (Å²) in [6.07, 6.45) is 2.94. The molecule has 3 nitrogen and oxygen atoms in total. The Hall–Kier alpha value is -1.15. The van der Waals surface area contributed by atoms with E-state index in [2.05, 4.69) is 4.98 Å². The fourth-order valence-corrected chi connectivity index (χ4v) is 3.00. The second kappa shape index (κ2) is 3.92. The maximum absolute atomic E-state index is 13.7. The molecule has 0 saturated carbocycles. The molecular weight excluding hydrogens is 250 g/mol. The number of aromatic nitrogens is 2. The number of pyridine rings is 1. The van der Waals surface area contributed by atoms with Gasteiger partial charge in [0.25, 0.3) is 0 Å². The molecule has 0 unspecified atom stereocenters. The molecule has 0 amide bonds. The van der Waals surface area contributed by atoms with Crippen LogP contribution in [0.5, 0.6) is 0 Å². The van der Waals surface area contributed by atoms with E-state index in [1.807, 2.05) is 20.8 Å². The number of nitrogens with zero attached hydrogens (tertiary/aromatic N) is 2. The van der Waals surface area contributed by atoms with Crippen LogP contribution < -0.4 is 5.44 Å². The predicted octanol–water partition coefficient (Wildman–Crippen LogP) is 3.02. The molecule has 0 aliphatic rings. The summed E-state index contributed by atoms with van der Waals surface area (Å²) in [7, 11) is -2.47. The molecule has 0 fully saturated rings. The standard InChI is InChI=1S/C13H18FN2OP/c1-13(2,3)10-6-9(14)8-16-11(18(4,5)17)7-15-12(10)16/h6-8H,1-5H3. The number of fused-ring (bicyclic) bond motifs is 1. The van der Waals surface area contributed by atoms with Crippen LogP contribution in [0, 0.1) is 5.82 Å². The second-order valence-corrected chi connectivity index (χ2v) is 9.14. The van der Waals surface area contributed by atoms with Gasteiger partial charge in [0.05, 0.1) is 6.20 Å². The van der Waals surface area contributed by atoms with Crippen molar-refractivity contribution in [2.45, 2.75) is 26.2 Å². The Morgan fingerprint density at radius 1 is 1.33 bits per heavy atom. The molecule has 0 aliphatic heterocycles. The van der Waals surface area contributed by atoms with Crippen LogP contribution in [0.4, 0.5) is 4.39 Å². The van der Waals surface area contributed by atoms with E-state index in [1.54, 1.807) is 23.9 Å². The summed E-state index contributed by atoms with van der Waals surface area (Å²) in [5.41, 5.74) is 1.88. The Bertz CT molecular complexity index is 649. The lowest BCUT2D eigenvalue weighted by atomic mass is 9.88. The zero-order chi connectivity index (χ0) is 13.7. The molecular formula is C13H18FN2OP. The summed E-state index contributed by atoms with van der Waals surface area (Å²) in [4.78, 5) is 4.32. The van der Waals surface area contributed by atoms with Crippen LogP contribution >= 0.6 is 7.14 Å². The van der Waals surface area contributed by atoms with Crippen molar-refractivity contribution in [2.24, 2.45) is 0 Å². The SMILES string of the molecule is CC(C)(C)c1cc(F)cn2c(P(C)(C)=O)cnc12. The Labute approximate surface area is 106 Å². The molecule has 0 spiro atoms. The largest absolute Gasteiger partial charge is 0.318 e. The van der Waals surface area contributed by atoms with Crippen molar-refractivity contribution in [3.8, 4) is 0 Å². The fourth-order valence-electron chi connectivity index (χ4n) is 1.99. The van der Waals surface area contributed by atoms with Crippen LogP contribution in [0.15, 0.2) is 18.5 Å². The highest BCUT2D eigenvalue weighted by molar-refractivity contribution is 7.69. The van der Waals surface area contributed by atoms with Crippen molar-refractivity contribution < 1.29 is 8.96 Å². The van der Waals surface area contributed by atoms with Gasteiger partial charge >= 0.3 is 0 Å². The molecule has 0 saturated heterocycles. The summed E-state index contributed by atoms with van der Waals surface area (Å²) in [5, 5.41) is 0. The summed E-state index contributed by atoms with van der Waals surface area (Å²) in [5.74, 6) is -0.333. The maximum Gasteiger partial charge on any atom is 0.141 e. The number of halogens is 1. The van der Waals surface area contributed by atoms with E-state index in [9.17, 15) is 8.96 Å². The first kappa shape index (κ1) is 13.3. The lowest BCUT2D eigenvalue weighted by Crippen LogP contribution is -2.16. The normalized spacial score (nSPS) is 13.2. The molecule has 5 heteroatoms. The number of hydrogen-bond acceptors (Lipinski definition) is 2. The Balaban J connectivity index is 2.86. The van der Waals surface area contributed by atoms with Crippen molar-refractivity contribution in [1.29, 1.82) is 0 Å². The molecule has 0 aliphatic carbocycles. The van der Waals surface area contributed by atoms with Crippen molar-refractivity contribution >= 4 is 18.2 Å². The van der Waals surface area contributed by atoms with Crippen molar-refractivity contribution in [2.75, 3.05) is 13.3 Å².